The number of fused-ring (bicyclic) bond motifs is 1. The van der Waals surface area contributed by atoms with E-state index < -0.39 is 10.5 Å². The Balaban J connectivity index is 1.96. The highest BCUT2D eigenvalue weighted by Gasteiger charge is 2.11. The van der Waals surface area contributed by atoms with Crippen LogP contribution in [0.2, 0.25) is 0 Å². The Bertz CT molecular complexity index is 724. The summed E-state index contributed by atoms with van der Waals surface area (Å²) in [5.74, 6) is 0.407. The van der Waals surface area contributed by atoms with Crippen LogP contribution in [-0.2, 0) is 6.42 Å². The van der Waals surface area contributed by atoms with Gasteiger partial charge < -0.3 is 4.42 Å². The molecule has 124 valence electrons. The van der Waals surface area contributed by atoms with Crippen molar-refractivity contribution in [1.29, 1.82) is 0 Å². The molecule has 0 N–H and O–H groups in total. The second-order valence-corrected chi connectivity index (χ2v) is 5.72. The van der Waals surface area contributed by atoms with E-state index >= 15 is 0 Å². The van der Waals surface area contributed by atoms with Crippen LogP contribution in [0, 0.1) is 10.1 Å². The smallest absolute Gasteiger partial charge is 0.347 e. The van der Waals surface area contributed by atoms with Gasteiger partial charge in [0.1, 0.15) is 0 Å². The van der Waals surface area contributed by atoms with Gasteiger partial charge in [-0.25, -0.2) is 9.78 Å². The molecule has 2 rings (SSSR count). The lowest BCUT2D eigenvalue weighted by Gasteiger charge is -2.02. The predicted molar refractivity (Wildman–Crippen MR) is 88.6 cm³/mol. The zero-order chi connectivity index (χ0) is 16.7. The van der Waals surface area contributed by atoms with Crippen molar-refractivity contribution in [2.75, 3.05) is 0 Å². The van der Waals surface area contributed by atoms with E-state index in [1.165, 1.54) is 50.3 Å². The number of unbranched alkanes of at least 4 members (excludes halogenated alkanes) is 6. The lowest BCUT2D eigenvalue weighted by molar-refractivity contribution is -0.384. The van der Waals surface area contributed by atoms with Crippen LogP contribution in [0.4, 0.5) is 5.69 Å². The van der Waals surface area contributed by atoms with Gasteiger partial charge in [0.15, 0.2) is 5.89 Å². The highest BCUT2D eigenvalue weighted by molar-refractivity contribution is 5.79. The third kappa shape index (κ3) is 4.87. The summed E-state index contributed by atoms with van der Waals surface area (Å²) in [5.41, 5.74) is -0.243. The molecule has 6 nitrogen and oxygen atoms in total. The van der Waals surface area contributed by atoms with E-state index in [1.807, 2.05) is 0 Å². The number of hydrogen-bond donors (Lipinski definition) is 0. The Labute approximate surface area is 134 Å². The molecule has 0 aliphatic rings. The summed E-state index contributed by atoms with van der Waals surface area (Å²) in [4.78, 5) is 26.5. The highest BCUT2D eigenvalue weighted by Crippen LogP contribution is 2.17. The first-order chi connectivity index (χ1) is 11.1. The summed E-state index contributed by atoms with van der Waals surface area (Å²) in [6, 6.07) is 4.07. The van der Waals surface area contributed by atoms with E-state index in [4.69, 9.17) is 4.42 Å². The fraction of sp³-hybridized carbons (Fsp3) is 0.529. The SMILES string of the molecule is CCCCCCCCCc1nc2ccc([N+](=O)[O-])cc2c(=O)o1. The van der Waals surface area contributed by atoms with Crippen LogP contribution in [-0.4, -0.2) is 9.91 Å². The van der Waals surface area contributed by atoms with Crippen molar-refractivity contribution < 1.29 is 9.34 Å². The Kier molecular flexibility index (Phi) is 6.26. The summed E-state index contributed by atoms with van der Waals surface area (Å²) < 4.78 is 5.18. The first-order valence-electron chi connectivity index (χ1n) is 8.20. The number of rotatable bonds is 9. The fourth-order valence-corrected chi connectivity index (χ4v) is 2.56. The van der Waals surface area contributed by atoms with E-state index in [9.17, 15) is 14.9 Å². The van der Waals surface area contributed by atoms with E-state index in [-0.39, 0.29) is 11.1 Å². The molecule has 6 heteroatoms. The first kappa shape index (κ1) is 17.1. The average molecular weight is 318 g/mol. The molecule has 0 bridgehead atoms. The second kappa shape index (κ2) is 8.41. The third-order valence-corrected chi connectivity index (χ3v) is 3.86. The van der Waals surface area contributed by atoms with E-state index in [2.05, 4.69) is 11.9 Å². The maximum Gasteiger partial charge on any atom is 0.347 e. The maximum absolute atomic E-state index is 12.0. The van der Waals surface area contributed by atoms with Gasteiger partial charge in [-0.15, -0.1) is 0 Å². The van der Waals surface area contributed by atoms with Gasteiger partial charge in [0, 0.05) is 18.6 Å². The molecule has 0 saturated heterocycles. The molecule has 1 heterocycles. The van der Waals surface area contributed by atoms with Crippen LogP contribution < -0.4 is 5.63 Å². The molecule has 0 unspecified atom stereocenters. The van der Waals surface area contributed by atoms with Gasteiger partial charge in [0.2, 0.25) is 0 Å². The molecular weight excluding hydrogens is 296 g/mol. The molecule has 2 aromatic rings. The number of benzene rings is 1. The van der Waals surface area contributed by atoms with Crippen LogP contribution in [0.5, 0.6) is 0 Å². The van der Waals surface area contributed by atoms with Gasteiger partial charge in [-0.1, -0.05) is 45.4 Å². The van der Waals surface area contributed by atoms with Gasteiger partial charge in [-0.2, -0.15) is 0 Å². The number of nitro benzene ring substituents is 1. The summed E-state index contributed by atoms with van der Waals surface area (Å²) in [6.45, 7) is 2.20. The topological polar surface area (TPSA) is 86.2 Å². The molecule has 1 aromatic heterocycles. The lowest BCUT2D eigenvalue weighted by Crippen LogP contribution is -2.06. The van der Waals surface area contributed by atoms with Crippen molar-refractivity contribution in [2.24, 2.45) is 0 Å². The summed E-state index contributed by atoms with van der Waals surface area (Å²) in [5, 5.41) is 10.9. The van der Waals surface area contributed by atoms with Crippen LogP contribution in [0.15, 0.2) is 27.4 Å². The lowest BCUT2D eigenvalue weighted by atomic mass is 10.1. The molecule has 0 atom stereocenters. The number of aromatic nitrogens is 1. The average Bonchev–Trinajstić information content (AvgIpc) is 2.53. The van der Waals surface area contributed by atoms with Crippen molar-refractivity contribution in [3.63, 3.8) is 0 Å². The molecule has 0 aliphatic heterocycles. The van der Waals surface area contributed by atoms with Crippen molar-refractivity contribution in [3.05, 3.63) is 44.6 Å². The molecule has 0 aliphatic carbocycles. The zero-order valence-corrected chi connectivity index (χ0v) is 13.4. The largest absolute Gasteiger partial charge is 0.408 e. The predicted octanol–water partition coefficient (Wildman–Crippen LogP) is 4.39. The van der Waals surface area contributed by atoms with Crippen molar-refractivity contribution in [1.82, 2.24) is 4.98 Å². The molecule has 0 saturated carbocycles. The van der Waals surface area contributed by atoms with E-state index in [0.717, 1.165) is 12.8 Å². The maximum atomic E-state index is 12.0. The number of nitro groups is 1. The fourth-order valence-electron chi connectivity index (χ4n) is 2.56. The first-order valence-corrected chi connectivity index (χ1v) is 8.20. The summed E-state index contributed by atoms with van der Waals surface area (Å²) >= 11 is 0. The number of hydrogen-bond acceptors (Lipinski definition) is 5. The highest BCUT2D eigenvalue weighted by atomic mass is 16.6. The minimum atomic E-state index is -0.559. The van der Waals surface area contributed by atoms with Crippen molar-refractivity contribution in [2.45, 2.75) is 58.3 Å². The monoisotopic (exact) mass is 318 g/mol. The molecule has 1 aromatic carbocycles. The van der Waals surface area contributed by atoms with Gasteiger partial charge in [-0.3, -0.25) is 10.1 Å². The molecule has 0 radical (unpaired) electrons. The molecule has 0 fully saturated rings. The summed E-state index contributed by atoms with van der Waals surface area (Å²) in [6.07, 6.45) is 8.87. The van der Waals surface area contributed by atoms with Gasteiger partial charge in [-0.05, 0) is 12.5 Å². The minimum absolute atomic E-state index is 0.133. The number of nitrogens with zero attached hydrogens (tertiary/aromatic N) is 2. The van der Waals surface area contributed by atoms with Crippen LogP contribution in [0.25, 0.3) is 10.9 Å². The van der Waals surface area contributed by atoms with Gasteiger partial charge in [0.05, 0.1) is 15.8 Å². The summed E-state index contributed by atoms with van der Waals surface area (Å²) in [7, 11) is 0. The van der Waals surface area contributed by atoms with E-state index in [0.29, 0.717) is 17.8 Å². The molecule has 0 amide bonds. The number of aryl methyl sites for hydroxylation is 1. The van der Waals surface area contributed by atoms with Crippen molar-refractivity contribution in [3.8, 4) is 0 Å². The minimum Gasteiger partial charge on any atom is -0.408 e. The van der Waals surface area contributed by atoms with Gasteiger partial charge in [0.25, 0.3) is 5.69 Å². The molecular formula is C17H22N2O4. The van der Waals surface area contributed by atoms with Crippen LogP contribution in [0.1, 0.15) is 57.8 Å². The Hall–Kier alpha value is -2.24. The zero-order valence-electron chi connectivity index (χ0n) is 13.4. The standard InChI is InChI=1S/C17H22N2O4/c1-2-3-4-5-6-7-8-9-16-18-15-11-10-13(19(21)22)12-14(15)17(20)23-16/h10-12H,2-9H2,1H3. The third-order valence-electron chi connectivity index (χ3n) is 3.86. The molecule has 0 spiro atoms. The molecule has 23 heavy (non-hydrogen) atoms. The Morgan fingerprint density at radius 1 is 1.13 bits per heavy atom. The van der Waals surface area contributed by atoms with Crippen LogP contribution in [0.3, 0.4) is 0 Å². The normalized spacial score (nSPS) is 11.0. The Morgan fingerprint density at radius 2 is 1.83 bits per heavy atom. The van der Waals surface area contributed by atoms with E-state index in [1.54, 1.807) is 0 Å². The number of non-ortho nitro benzene ring substituents is 1. The quantitative estimate of drug-likeness (QED) is 0.389. The second-order valence-electron chi connectivity index (χ2n) is 5.72. The van der Waals surface area contributed by atoms with Crippen LogP contribution >= 0.6 is 0 Å². The Morgan fingerprint density at radius 3 is 2.52 bits per heavy atom. The van der Waals surface area contributed by atoms with Crippen molar-refractivity contribution >= 4 is 16.6 Å². The van der Waals surface area contributed by atoms with Gasteiger partial charge >= 0.3 is 5.63 Å².